The number of aliphatic imine (C=N–C) groups is 1. The molecule has 4 nitrogen and oxygen atoms in total. The lowest BCUT2D eigenvalue weighted by Crippen LogP contribution is -2.54. The first kappa shape index (κ1) is 14.5. The second kappa shape index (κ2) is 4.53. The summed E-state index contributed by atoms with van der Waals surface area (Å²) < 4.78 is 39.8. The number of nitrogens with zero attached hydrogens (tertiary/aromatic N) is 1. The maximum atomic E-state index is 14.3. The van der Waals surface area contributed by atoms with Crippen molar-refractivity contribution >= 4 is 21.2 Å². The minimum atomic E-state index is -3.34. The molecule has 1 aromatic carbocycles. The first-order chi connectivity index (χ1) is 9.76. The van der Waals surface area contributed by atoms with Crippen LogP contribution in [0.5, 0.6) is 0 Å². The van der Waals surface area contributed by atoms with Crippen LogP contribution in [0.25, 0.3) is 0 Å². The van der Waals surface area contributed by atoms with Crippen molar-refractivity contribution in [1.82, 2.24) is 0 Å². The lowest BCUT2D eigenvalue weighted by molar-refractivity contribution is 0.375. The molecule has 1 aromatic rings. The Morgan fingerprint density at radius 1 is 1.38 bits per heavy atom. The predicted molar refractivity (Wildman–Crippen MR) is 81.6 cm³/mol. The highest BCUT2D eigenvalue weighted by molar-refractivity contribution is 7.93. The molecule has 0 spiro atoms. The van der Waals surface area contributed by atoms with E-state index in [1.807, 2.05) is 0 Å². The van der Waals surface area contributed by atoms with Gasteiger partial charge in [-0.3, -0.25) is 4.99 Å². The summed E-state index contributed by atoms with van der Waals surface area (Å²) >= 11 is 0. The largest absolute Gasteiger partial charge is 0.399 e. The van der Waals surface area contributed by atoms with Gasteiger partial charge >= 0.3 is 0 Å². The highest BCUT2D eigenvalue weighted by Crippen LogP contribution is 2.46. The van der Waals surface area contributed by atoms with E-state index in [1.165, 1.54) is 18.2 Å². The van der Waals surface area contributed by atoms with Gasteiger partial charge in [-0.25, -0.2) is 12.8 Å². The van der Waals surface area contributed by atoms with Crippen LogP contribution in [0.2, 0.25) is 0 Å². The van der Waals surface area contributed by atoms with E-state index in [0.717, 1.165) is 6.42 Å². The lowest BCUT2D eigenvalue weighted by Gasteiger charge is -2.44. The predicted octanol–water partition coefficient (Wildman–Crippen LogP) is 2.43. The second-order valence-electron chi connectivity index (χ2n) is 6.14. The Labute approximate surface area is 124 Å². The van der Waals surface area contributed by atoms with Crippen LogP contribution in [0.1, 0.15) is 38.7 Å². The number of sulfone groups is 1. The third-order valence-electron chi connectivity index (χ3n) is 4.76. The first-order valence-corrected chi connectivity index (χ1v) is 8.72. The molecule has 6 heteroatoms. The van der Waals surface area contributed by atoms with Gasteiger partial charge in [0.15, 0.2) is 9.84 Å². The van der Waals surface area contributed by atoms with Crippen molar-refractivity contribution in [2.75, 3.05) is 5.73 Å². The van der Waals surface area contributed by atoms with Gasteiger partial charge in [0.05, 0.1) is 10.5 Å². The quantitative estimate of drug-likeness (QED) is 0.810. The number of benzene rings is 1. The maximum absolute atomic E-state index is 14.3. The summed E-state index contributed by atoms with van der Waals surface area (Å²) in [7, 11) is -3.34. The highest BCUT2D eigenvalue weighted by Gasteiger charge is 2.54. The number of anilines is 1. The van der Waals surface area contributed by atoms with Crippen molar-refractivity contribution in [3.63, 3.8) is 0 Å². The van der Waals surface area contributed by atoms with Crippen LogP contribution in [-0.2, 0) is 15.4 Å². The van der Waals surface area contributed by atoms with Gasteiger partial charge in [-0.15, -0.1) is 0 Å². The molecular formula is C15H19FN2O2S. The van der Waals surface area contributed by atoms with Crippen molar-refractivity contribution in [1.29, 1.82) is 0 Å². The van der Waals surface area contributed by atoms with Gasteiger partial charge in [-0.2, -0.15) is 0 Å². The molecule has 0 aliphatic carbocycles. The van der Waals surface area contributed by atoms with Gasteiger partial charge in [-0.05, 0) is 44.9 Å². The highest BCUT2D eigenvalue weighted by atomic mass is 32.2. The van der Waals surface area contributed by atoms with Gasteiger partial charge in [0.1, 0.15) is 11.4 Å². The number of hydrogen-bond acceptors (Lipinski definition) is 4. The zero-order chi connectivity index (χ0) is 15.4. The van der Waals surface area contributed by atoms with Crippen molar-refractivity contribution in [2.45, 2.75) is 49.1 Å². The van der Waals surface area contributed by atoms with Gasteiger partial charge in [0, 0.05) is 17.0 Å². The summed E-state index contributed by atoms with van der Waals surface area (Å²) in [6.45, 7) is 3.43. The van der Waals surface area contributed by atoms with Crippen LogP contribution < -0.4 is 5.73 Å². The second-order valence-corrected chi connectivity index (χ2v) is 8.45. The summed E-state index contributed by atoms with van der Waals surface area (Å²) in [4.78, 5) is 4.61. The van der Waals surface area contributed by atoms with Crippen LogP contribution in [0, 0.1) is 5.82 Å². The summed E-state index contributed by atoms with van der Waals surface area (Å²) in [5, 5.41) is -1.18. The Morgan fingerprint density at radius 3 is 2.81 bits per heavy atom. The van der Waals surface area contributed by atoms with Crippen molar-refractivity contribution in [2.24, 2.45) is 4.99 Å². The molecular weight excluding hydrogens is 291 g/mol. The van der Waals surface area contributed by atoms with E-state index in [9.17, 15) is 12.8 Å². The Bertz CT molecular complexity index is 729. The first-order valence-electron chi connectivity index (χ1n) is 7.11. The fourth-order valence-electron chi connectivity index (χ4n) is 3.74. The van der Waals surface area contributed by atoms with E-state index >= 15 is 0 Å². The topological polar surface area (TPSA) is 72.5 Å². The molecule has 0 radical (unpaired) electrons. The molecule has 0 unspecified atom stereocenters. The van der Waals surface area contributed by atoms with Crippen molar-refractivity contribution in [3.05, 3.63) is 29.6 Å². The standard InChI is InChI=1S/C15H19FN2O2S/c1-9-13-4-3-5-14(21(13,19)20)15(2,18-9)11-8-10(17)6-7-12(11)16/h6-8,13-14H,3-5,17H2,1-2H3/t13-,14+,15+/m0/s1. The van der Waals surface area contributed by atoms with E-state index < -0.39 is 31.7 Å². The molecule has 2 heterocycles. The number of nitrogens with two attached hydrogens (primary N) is 1. The van der Waals surface area contributed by atoms with E-state index in [0.29, 0.717) is 24.2 Å². The molecule has 3 rings (SSSR count). The molecule has 1 fully saturated rings. The molecule has 114 valence electrons. The lowest BCUT2D eigenvalue weighted by atomic mass is 9.83. The Hall–Kier alpha value is -1.43. The van der Waals surface area contributed by atoms with Crippen LogP contribution in [0.15, 0.2) is 23.2 Å². The molecule has 2 aliphatic heterocycles. The summed E-state index contributed by atoms with van der Waals surface area (Å²) in [5.74, 6) is -0.456. The zero-order valence-corrected chi connectivity index (χ0v) is 13.0. The normalized spacial score (nSPS) is 34.3. The molecule has 1 saturated heterocycles. The Balaban J connectivity index is 2.27. The van der Waals surface area contributed by atoms with Gasteiger partial charge < -0.3 is 5.73 Å². The number of halogens is 1. The fraction of sp³-hybridized carbons (Fsp3) is 0.533. The van der Waals surface area contributed by atoms with E-state index in [2.05, 4.69) is 4.99 Å². The van der Waals surface area contributed by atoms with Crippen LogP contribution >= 0.6 is 0 Å². The number of fused-ring (bicyclic) bond motifs is 2. The summed E-state index contributed by atoms with van der Waals surface area (Å²) in [5.41, 5.74) is 5.93. The average molecular weight is 310 g/mol. The number of nitrogen functional groups attached to an aromatic ring is 1. The van der Waals surface area contributed by atoms with Crippen molar-refractivity contribution in [3.8, 4) is 0 Å². The minimum absolute atomic E-state index is 0.274. The fourth-order valence-corrected chi connectivity index (χ4v) is 6.47. The minimum Gasteiger partial charge on any atom is -0.399 e. The molecule has 0 amide bonds. The molecule has 2 N–H and O–H groups in total. The summed E-state index contributed by atoms with van der Waals surface area (Å²) in [6.07, 6.45) is 1.95. The molecule has 21 heavy (non-hydrogen) atoms. The van der Waals surface area contributed by atoms with Gasteiger partial charge in [-0.1, -0.05) is 6.42 Å². The molecule has 0 aromatic heterocycles. The Morgan fingerprint density at radius 2 is 2.10 bits per heavy atom. The molecule has 2 aliphatic rings. The van der Waals surface area contributed by atoms with Crippen molar-refractivity contribution < 1.29 is 12.8 Å². The molecule has 0 saturated carbocycles. The molecule has 3 atom stereocenters. The van der Waals surface area contributed by atoms with Crippen LogP contribution in [0.4, 0.5) is 10.1 Å². The monoisotopic (exact) mass is 310 g/mol. The third-order valence-corrected chi connectivity index (χ3v) is 7.62. The van der Waals surface area contributed by atoms with E-state index in [1.54, 1.807) is 13.8 Å². The number of rotatable bonds is 1. The Kier molecular flexibility index (Phi) is 3.13. The zero-order valence-electron chi connectivity index (χ0n) is 12.1. The van der Waals surface area contributed by atoms with Gasteiger partial charge in [0.25, 0.3) is 0 Å². The van der Waals surface area contributed by atoms with E-state index in [-0.39, 0.29) is 5.56 Å². The number of hydrogen-bond donors (Lipinski definition) is 1. The van der Waals surface area contributed by atoms with Gasteiger partial charge in [0.2, 0.25) is 0 Å². The van der Waals surface area contributed by atoms with Crippen LogP contribution in [0.3, 0.4) is 0 Å². The average Bonchev–Trinajstić information content (AvgIpc) is 2.38. The van der Waals surface area contributed by atoms with E-state index in [4.69, 9.17) is 5.73 Å². The molecule has 2 bridgehead atoms. The maximum Gasteiger partial charge on any atom is 0.164 e. The SMILES string of the molecule is CC1=N[C@](C)(c2cc(N)ccc2F)[C@H]2CCC[C@@H]1S2(=O)=O. The smallest absolute Gasteiger partial charge is 0.164 e. The summed E-state index contributed by atoms with van der Waals surface area (Å²) in [6, 6.07) is 4.26. The van der Waals surface area contributed by atoms with Crippen LogP contribution in [-0.4, -0.2) is 24.6 Å². The third kappa shape index (κ3) is 1.99.